The molecule has 0 fully saturated rings. The number of ether oxygens (including phenoxy) is 1. The lowest BCUT2D eigenvalue weighted by Gasteiger charge is -2.07. The van der Waals surface area contributed by atoms with E-state index in [0.717, 1.165) is 29.3 Å². The zero-order chi connectivity index (χ0) is 11.8. The topological polar surface area (TPSA) is 43.4 Å². The lowest BCUT2D eigenvalue weighted by molar-refractivity contribution is -0.108. The van der Waals surface area contributed by atoms with Crippen LogP contribution in [0.25, 0.3) is 0 Å². The van der Waals surface area contributed by atoms with E-state index in [1.807, 2.05) is 25.1 Å². The Balaban J connectivity index is 2.88. The Bertz CT molecular complexity index is 330. The smallest absolute Gasteiger partial charge is 0.124 e. The molecule has 3 nitrogen and oxygen atoms in total. The number of hydrogen-bond donors (Lipinski definition) is 0. The summed E-state index contributed by atoms with van der Waals surface area (Å²) >= 11 is 0. The molecule has 0 unspecified atom stereocenters. The number of benzene rings is 1. The van der Waals surface area contributed by atoms with Crippen LogP contribution in [0.1, 0.15) is 23.6 Å². The lowest BCUT2D eigenvalue weighted by Crippen LogP contribution is -1.98. The molecule has 1 aromatic rings. The van der Waals surface area contributed by atoms with Gasteiger partial charge in [-0.3, -0.25) is 0 Å². The number of carbonyl (C=O) groups excluding carboxylic acids is 2. The van der Waals surface area contributed by atoms with E-state index >= 15 is 0 Å². The maximum Gasteiger partial charge on any atom is 0.124 e. The van der Waals surface area contributed by atoms with Crippen LogP contribution in [-0.4, -0.2) is 19.2 Å². The molecule has 86 valence electrons. The molecule has 0 aromatic heterocycles. The molecular weight excluding hydrogens is 204 g/mol. The highest BCUT2D eigenvalue weighted by Gasteiger charge is 2.01. The lowest BCUT2D eigenvalue weighted by atomic mass is 10.0. The first kappa shape index (κ1) is 12.6. The van der Waals surface area contributed by atoms with Crippen molar-refractivity contribution >= 4 is 12.6 Å². The summed E-state index contributed by atoms with van der Waals surface area (Å²) in [6, 6.07) is 5.77. The van der Waals surface area contributed by atoms with Crippen molar-refractivity contribution < 1.29 is 14.3 Å². The van der Waals surface area contributed by atoms with Gasteiger partial charge < -0.3 is 14.3 Å². The average Bonchev–Trinajstić information content (AvgIpc) is 2.27. The van der Waals surface area contributed by atoms with Gasteiger partial charge in [-0.2, -0.15) is 0 Å². The number of carbonyl (C=O) groups is 2. The maximum absolute atomic E-state index is 10.5. The Morgan fingerprint density at radius 3 is 1.94 bits per heavy atom. The van der Waals surface area contributed by atoms with Gasteiger partial charge in [0, 0.05) is 19.4 Å². The number of hydrogen-bond acceptors (Lipinski definition) is 3. The monoisotopic (exact) mass is 220 g/mol. The number of rotatable bonds is 7. The molecule has 0 N–H and O–H groups in total. The van der Waals surface area contributed by atoms with E-state index in [0.29, 0.717) is 26.1 Å². The quantitative estimate of drug-likeness (QED) is 0.657. The highest BCUT2D eigenvalue weighted by molar-refractivity contribution is 5.58. The molecule has 0 aliphatic carbocycles. The van der Waals surface area contributed by atoms with Crippen molar-refractivity contribution in [3.05, 3.63) is 34.9 Å². The van der Waals surface area contributed by atoms with E-state index in [4.69, 9.17) is 4.74 Å². The predicted octanol–water partition coefficient (Wildman–Crippen LogP) is 1.71. The van der Waals surface area contributed by atoms with Crippen LogP contribution in [0, 0.1) is 0 Å². The predicted molar refractivity (Wildman–Crippen MR) is 61.3 cm³/mol. The Morgan fingerprint density at radius 1 is 1.00 bits per heavy atom. The molecule has 0 aliphatic heterocycles. The Morgan fingerprint density at radius 2 is 1.50 bits per heavy atom. The summed E-state index contributed by atoms with van der Waals surface area (Å²) in [5.41, 5.74) is 2.88. The summed E-state index contributed by atoms with van der Waals surface area (Å²) in [6.45, 7) is 3.11. The third kappa shape index (κ3) is 3.95. The van der Waals surface area contributed by atoms with Gasteiger partial charge in [0.25, 0.3) is 0 Å². The molecule has 0 atom stereocenters. The number of aldehydes is 2. The van der Waals surface area contributed by atoms with E-state index in [-0.39, 0.29) is 0 Å². The summed E-state index contributed by atoms with van der Waals surface area (Å²) in [7, 11) is 0. The molecule has 0 radical (unpaired) electrons. The highest BCUT2D eigenvalue weighted by Crippen LogP contribution is 2.12. The van der Waals surface area contributed by atoms with Gasteiger partial charge in [0.15, 0.2) is 0 Å². The molecule has 1 rings (SSSR count). The third-order valence-corrected chi connectivity index (χ3v) is 2.22. The second-order valence-corrected chi connectivity index (χ2v) is 3.54. The third-order valence-electron chi connectivity index (χ3n) is 2.22. The van der Waals surface area contributed by atoms with E-state index in [9.17, 15) is 9.59 Å². The molecule has 0 saturated heterocycles. The molecule has 0 spiro atoms. The molecule has 0 aliphatic rings. The summed E-state index contributed by atoms with van der Waals surface area (Å²) in [4.78, 5) is 20.9. The van der Waals surface area contributed by atoms with Gasteiger partial charge in [-0.15, -0.1) is 0 Å². The Labute approximate surface area is 95.4 Å². The van der Waals surface area contributed by atoms with Crippen molar-refractivity contribution in [2.75, 3.05) is 6.61 Å². The highest BCUT2D eigenvalue weighted by atomic mass is 16.5. The van der Waals surface area contributed by atoms with Gasteiger partial charge in [0.1, 0.15) is 12.6 Å². The van der Waals surface area contributed by atoms with Crippen LogP contribution in [0.2, 0.25) is 0 Å². The van der Waals surface area contributed by atoms with Crippen molar-refractivity contribution in [2.24, 2.45) is 0 Å². The molecule has 0 heterocycles. The standard InChI is InChI=1S/C13H16O3/c1-2-16-10-13-8-11(3-5-14)7-12(9-13)4-6-15/h5-9H,2-4,10H2,1H3. The minimum absolute atomic E-state index is 0.381. The largest absolute Gasteiger partial charge is 0.377 e. The van der Waals surface area contributed by atoms with E-state index in [1.54, 1.807) is 0 Å². The maximum atomic E-state index is 10.5. The first-order valence-corrected chi connectivity index (χ1v) is 5.37. The fourth-order valence-electron chi connectivity index (χ4n) is 1.57. The summed E-state index contributed by atoms with van der Waals surface area (Å²) in [5.74, 6) is 0. The van der Waals surface area contributed by atoms with Crippen LogP contribution in [0.4, 0.5) is 0 Å². The van der Waals surface area contributed by atoms with Gasteiger partial charge in [-0.25, -0.2) is 0 Å². The van der Waals surface area contributed by atoms with Crippen molar-refractivity contribution in [3.8, 4) is 0 Å². The van der Waals surface area contributed by atoms with Gasteiger partial charge >= 0.3 is 0 Å². The minimum Gasteiger partial charge on any atom is -0.377 e. The molecule has 0 saturated carbocycles. The summed E-state index contributed by atoms with van der Waals surface area (Å²) in [6.07, 6.45) is 2.49. The zero-order valence-electron chi connectivity index (χ0n) is 9.44. The Kier molecular flexibility index (Phi) is 5.43. The molecule has 0 amide bonds. The van der Waals surface area contributed by atoms with Crippen LogP contribution in [0.5, 0.6) is 0 Å². The van der Waals surface area contributed by atoms with Gasteiger partial charge in [0.05, 0.1) is 6.61 Å². The molecule has 16 heavy (non-hydrogen) atoms. The van der Waals surface area contributed by atoms with E-state index in [1.165, 1.54) is 0 Å². The molecule has 1 aromatic carbocycles. The Hall–Kier alpha value is -1.48. The van der Waals surface area contributed by atoms with Crippen molar-refractivity contribution in [1.82, 2.24) is 0 Å². The van der Waals surface area contributed by atoms with E-state index < -0.39 is 0 Å². The minimum atomic E-state index is 0.381. The second-order valence-electron chi connectivity index (χ2n) is 3.54. The van der Waals surface area contributed by atoms with Crippen LogP contribution in [0.3, 0.4) is 0 Å². The molecule has 3 heteroatoms. The SMILES string of the molecule is CCOCc1cc(CC=O)cc(CC=O)c1. The normalized spacial score (nSPS) is 10.1. The van der Waals surface area contributed by atoms with Crippen molar-refractivity contribution in [3.63, 3.8) is 0 Å². The average molecular weight is 220 g/mol. The van der Waals surface area contributed by atoms with Gasteiger partial charge in [-0.1, -0.05) is 18.2 Å². The van der Waals surface area contributed by atoms with Crippen molar-refractivity contribution in [1.29, 1.82) is 0 Å². The summed E-state index contributed by atoms with van der Waals surface area (Å²) < 4.78 is 5.31. The van der Waals surface area contributed by atoms with Crippen LogP contribution < -0.4 is 0 Å². The first-order valence-electron chi connectivity index (χ1n) is 5.37. The first-order chi connectivity index (χ1) is 7.80. The second kappa shape index (κ2) is 6.90. The zero-order valence-corrected chi connectivity index (χ0v) is 9.44. The summed E-state index contributed by atoms with van der Waals surface area (Å²) in [5, 5.41) is 0. The van der Waals surface area contributed by atoms with Crippen LogP contribution >= 0.6 is 0 Å². The van der Waals surface area contributed by atoms with Gasteiger partial charge in [0.2, 0.25) is 0 Å². The van der Waals surface area contributed by atoms with Gasteiger partial charge in [-0.05, 0) is 23.6 Å². The molecule has 0 bridgehead atoms. The van der Waals surface area contributed by atoms with E-state index in [2.05, 4.69) is 0 Å². The van der Waals surface area contributed by atoms with Crippen LogP contribution in [-0.2, 0) is 33.8 Å². The molecular formula is C13H16O3. The van der Waals surface area contributed by atoms with Crippen LogP contribution in [0.15, 0.2) is 18.2 Å². The van der Waals surface area contributed by atoms with Crippen molar-refractivity contribution in [2.45, 2.75) is 26.4 Å². The fraction of sp³-hybridized carbons (Fsp3) is 0.385. The fourth-order valence-corrected chi connectivity index (χ4v) is 1.57.